The van der Waals surface area contributed by atoms with Crippen molar-refractivity contribution < 1.29 is 9.84 Å². The van der Waals surface area contributed by atoms with Gasteiger partial charge < -0.3 is 9.84 Å². The van der Waals surface area contributed by atoms with Crippen LogP contribution in [0.5, 0.6) is 5.75 Å². The van der Waals surface area contributed by atoms with E-state index in [0.717, 1.165) is 18.6 Å². The normalized spacial score (nSPS) is 29.3. The van der Waals surface area contributed by atoms with Crippen molar-refractivity contribution >= 4 is 0 Å². The van der Waals surface area contributed by atoms with E-state index in [-0.39, 0.29) is 6.10 Å². The van der Waals surface area contributed by atoms with Crippen LogP contribution in [0.2, 0.25) is 0 Å². The van der Waals surface area contributed by atoms with Gasteiger partial charge in [-0.2, -0.15) is 0 Å². The Morgan fingerprint density at radius 3 is 2.69 bits per heavy atom. The smallest absolute Gasteiger partial charge is 0.122 e. The molecule has 2 rings (SSSR count). The number of aliphatic hydroxyl groups is 1. The van der Waals surface area contributed by atoms with Crippen LogP contribution >= 0.6 is 0 Å². The van der Waals surface area contributed by atoms with Gasteiger partial charge in [0.05, 0.1) is 12.7 Å². The fraction of sp³-hybridized carbons (Fsp3) is 0.571. The molecule has 0 saturated heterocycles. The van der Waals surface area contributed by atoms with Crippen LogP contribution in [0, 0.1) is 5.92 Å². The van der Waals surface area contributed by atoms with Crippen LogP contribution in [0.15, 0.2) is 24.3 Å². The van der Waals surface area contributed by atoms with Crippen LogP contribution in [0.3, 0.4) is 0 Å². The van der Waals surface area contributed by atoms with Gasteiger partial charge in [0, 0.05) is 0 Å². The summed E-state index contributed by atoms with van der Waals surface area (Å²) < 4.78 is 5.65. The molecule has 1 aromatic rings. The Kier molecular flexibility index (Phi) is 3.49. The molecular formula is C14H20O2. The third-order valence-corrected chi connectivity index (χ3v) is 3.63. The van der Waals surface area contributed by atoms with E-state index in [1.807, 2.05) is 19.1 Å². The second kappa shape index (κ2) is 4.88. The summed E-state index contributed by atoms with van der Waals surface area (Å²) in [6.07, 6.45) is 1.82. The predicted octanol–water partition coefficient (Wildman–Crippen LogP) is 2.96. The summed E-state index contributed by atoms with van der Waals surface area (Å²) in [6.45, 7) is 4.83. The first-order valence-electron chi connectivity index (χ1n) is 6.13. The second-order valence-corrected chi connectivity index (χ2v) is 4.58. The monoisotopic (exact) mass is 220 g/mol. The fourth-order valence-electron chi connectivity index (χ4n) is 2.66. The Balaban J connectivity index is 2.26. The second-order valence-electron chi connectivity index (χ2n) is 4.58. The number of aliphatic hydroxyl groups excluding tert-OH is 1. The zero-order chi connectivity index (χ0) is 11.5. The Bertz CT molecular complexity index is 348. The standard InChI is InChI=1S/C14H20O2/c1-3-16-14-7-5-4-6-12(14)11-8-9-13(15)10(11)2/h4-7,10-11,13,15H,3,8-9H2,1-2H3. The first-order chi connectivity index (χ1) is 7.74. The van der Waals surface area contributed by atoms with Crippen LogP contribution in [-0.2, 0) is 0 Å². The molecule has 0 radical (unpaired) electrons. The summed E-state index contributed by atoms with van der Waals surface area (Å²) in [5.41, 5.74) is 1.26. The number of para-hydroxylation sites is 1. The van der Waals surface area contributed by atoms with E-state index < -0.39 is 0 Å². The van der Waals surface area contributed by atoms with Crippen molar-refractivity contribution in [3.8, 4) is 5.75 Å². The molecule has 2 nitrogen and oxygen atoms in total. The van der Waals surface area contributed by atoms with Gasteiger partial charge in [-0.3, -0.25) is 0 Å². The van der Waals surface area contributed by atoms with Gasteiger partial charge in [-0.15, -0.1) is 0 Å². The first kappa shape index (κ1) is 11.5. The lowest BCUT2D eigenvalue weighted by Crippen LogP contribution is -2.14. The zero-order valence-electron chi connectivity index (χ0n) is 10.0. The van der Waals surface area contributed by atoms with Crippen molar-refractivity contribution in [2.24, 2.45) is 5.92 Å². The maximum atomic E-state index is 9.81. The summed E-state index contributed by atoms with van der Waals surface area (Å²) in [5.74, 6) is 1.76. The van der Waals surface area contributed by atoms with Gasteiger partial charge in [-0.25, -0.2) is 0 Å². The topological polar surface area (TPSA) is 29.5 Å². The highest BCUT2D eigenvalue weighted by Crippen LogP contribution is 2.42. The Labute approximate surface area is 97.3 Å². The third kappa shape index (κ3) is 2.07. The summed E-state index contributed by atoms with van der Waals surface area (Å²) >= 11 is 0. The third-order valence-electron chi connectivity index (χ3n) is 3.63. The summed E-state index contributed by atoms with van der Waals surface area (Å²) in [4.78, 5) is 0. The van der Waals surface area contributed by atoms with Crippen LogP contribution in [-0.4, -0.2) is 17.8 Å². The molecule has 3 atom stereocenters. The Morgan fingerprint density at radius 2 is 2.06 bits per heavy atom. The molecule has 1 N–H and O–H groups in total. The largest absolute Gasteiger partial charge is 0.494 e. The van der Waals surface area contributed by atoms with Crippen molar-refractivity contribution in [1.82, 2.24) is 0 Å². The molecule has 88 valence electrons. The summed E-state index contributed by atoms with van der Waals surface area (Å²) in [5, 5.41) is 9.81. The summed E-state index contributed by atoms with van der Waals surface area (Å²) in [6, 6.07) is 8.21. The SMILES string of the molecule is CCOc1ccccc1C1CCC(O)C1C. The Morgan fingerprint density at radius 1 is 1.31 bits per heavy atom. The fourth-order valence-corrected chi connectivity index (χ4v) is 2.66. The highest BCUT2D eigenvalue weighted by Gasteiger charge is 2.33. The molecule has 2 heteroatoms. The molecule has 0 aliphatic heterocycles. The van der Waals surface area contributed by atoms with Gasteiger partial charge in [-0.1, -0.05) is 25.1 Å². The Hall–Kier alpha value is -1.02. The summed E-state index contributed by atoms with van der Waals surface area (Å²) in [7, 11) is 0. The lowest BCUT2D eigenvalue weighted by atomic mass is 9.89. The van der Waals surface area contributed by atoms with E-state index >= 15 is 0 Å². The van der Waals surface area contributed by atoms with Gasteiger partial charge in [-0.05, 0) is 43.2 Å². The number of hydrogen-bond acceptors (Lipinski definition) is 2. The molecule has 1 saturated carbocycles. The van der Waals surface area contributed by atoms with Gasteiger partial charge in [0.25, 0.3) is 0 Å². The minimum absolute atomic E-state index is 0.153. The number of hydrogen-bond donors (Lipinski definition) is 1. The average molecular weight is 220 g/mol. The minimum Gasteiger partial charge on any atom is -0.494 e. The molecule has 0 bridgehead atoms. The van der Waals surface area contributed by atoms with Crippen LogP contribution < -0.4 is 4.74 Å². The van der Waals surface area contributed by atoms with E-state index in [1.165, 1.54) is 5.56 Å². The quantitative estimate of drug-likeness (QED) is 0.848. The van der Waals surface area contributed by atoms with Gasteiger partial charge in [0.15, 0.2) is 0 Å². The lowest BCUT2D eigenvalue weighted by molar-refractivity contribution is 0.136. The molecule has 1 fully saturated rings. The zero-order valence-corrected chi connectivity index (χ0v) is 10.0. The van der Waals surface area contributed by atoms with Crippen molar-refractivity contribution in [2.45, 2.75) is 38.7 Å². The van der Waals surface area contributed by atoms with Crippen molar-refractivity contribution in [3.05, 3.63) is 29.8 Å². The lowest BCUT2D eigenvalue weighted by Gasteiger charge is -2.20. The van der Waals surface area contributed by atoms with Crippen LogP contribution in [0.25, 0.3) is 0 Å². The number of rotatable bonds is 3. The predicted molar refractivity (Wildman–Crippen MR) is 64.8 cm³/mol. The van der Waals surface area contributed by atoms with Crippen molar-refractivity contribution in [3.63, 3.8) is 0 Å². The average Bonchev–Trinajstić information content (AvgIpc) is 2.61. The first-order valence-corrected chi connectivity index (χ1v) is 6.13. The number of benzene rings is 1. The maximum absolute atomic E-state index is 9.81. The molecule has 0 amide bonds. The van der Waals surface area contributed by atoms with Gasteiger partial charge >= 0.3 is 0 Å². The molecule has 3 unspecified atom stereocenters. The van der Waals surface area contributed by atoms with Gasteiger partial charge in [0.1, 0.15) is 5.75 Å². The molecule has 1 aliphatic carbocycles. The minimum atomic E-state index is -0.153. The van der Waals surface area contributed by atoms with Crippen LogP contribution in [0.4, 0.5) is 0 Å². The molecule has 0 spiro atoms. The van der Waals surface area contributed by atoms with E-state index in [2.05, 4.69) is 19.1 Å². The molecular weight excluding hydrogens is 200 g/mol. The van der Waals surface area contributed by atoms with E-state index in [4.69, 9.17) is 4.74 Å². The molecule has 16 heavy (non-hydrogen) atoms. The molecule has 1 aromatic carbocycles. The highest BCUT2D eigenvalue weighted by atomic mass is 16.5. The van der Waals surface area contributed by atoms with E-state index in [9.17, 15) is 5.11 Å². The highest BCUT2D eigenvalue weighted by molar-refractivity contribution is 5.37. The van der Waals surface area contributed by atoms with E-state index in [0.29, 0.717) is 18.4 Å². The molecule has 0 heterocycles. The van der Waals surface area contributed by atoms with Crippen LogP contribution in [0.1, 0.15) is 38.2 Å². The van der Waals surface area contributed by atoms with E-state index in [1.54, 1.807) is 0 Å². The molecule has 1 aliphatic rings. The molecule has 0 aromatic heterocycles. The maximum Gasteiger partial charge on any atom is 0.122 e. The van der Waals surface area contributed by atoms with Crippen molar-refractivity contribution in [2.75, 3.05) is 6.61 Å². The van der Waals surface area contributed by atoms with Crippen molar-refractivity contribution in [1.29, 1.82) is 0 Å². The number of ether oxygens (including phenoxy) is 1. The van der Waals surface area contributed by atoms with Gasteiger partial charge in [0.2, 0.25) is 0 Å².